The standard InChI is InChI=1S/C16H26N4O/c1-19-6-5-14(12-19)18-11-13-3-2-4-15(16(13)17)20-7-9-21-10-8-20/h2-4,14,18H,5-12,17H2,1H3. The minimum Gasteiger partial charge on any atom is -0.397 e. The van der Waals surface area contributed by atoms with Crippen LogP contribution in [0.15, 0.2) is 18.2 Å². The van der Waals surface area contributed by atoms with E-state index in [0.29, 0.717) is 6.04 Å². The highest BCUT2D eigenvalue weighted by molar-refractivity contribution is 5.71. The van der Waals surface area contributed by atoms with E-state index >= 15 is 0 Å². The lowest BCUT2D eigenvalue weighted by molar-refractivity contribution is 0.123. The van der Waals surface area contributed by atoms with Gasteiger partial charge in [0.2, 0.25) is 0 Å². The summed E-state index contributed by atoms with van der Waals surface area (Å²) in [5.74, 6) is 0. The fourth-order valence-electron chi connectivity index (χ4n) is 3.19. The molecule has 3 N–H and O–H groups in total. The van der Waals surface area contributed by atoms with Gasteiger partial charge in [0.25, 0.3) is 0 Å². The van der Waals surface area contributed by atoms with Gasteiger partial charge in [0.1, 0.15) is 0 Å². The number of nitrogens with two attached hydrogens (primary N) is 1. The maximum Gasteiger partial charge on any atom is 0.0642 e. The Hall–Kier alpha value is -1.30. The van der Waals surface area contributed by atoms with Gasteiger partial charge in [-0.25, -0.2) is 0 Å². The van der Waals surface area contributed by atoms with Crippen LogP contribution in [0.3, 0.4) is 0 Å². The van der Waals surface area contributed by atoms with Crippen LogP contribution in [0.5, 0.6) is 0 Å². The summed E-state index contributed by atoms with van der Waals surface area (Å²) in [7, 11) is 2.18. The van der Waals surface area contributed by atoms with Crippen LogP contribution < -0.4 is 16.0 Å². The van der Waals surface area contributed by atoms with Crippen molar-refractivity contribution in [2.24, 2.45) is 0 Å². The summed E-state index contributed by atoms with van der Waals surface area (Å²) in [6, 6.07) is 6.94. The molecule has 5 nitrogen and oxygen atoms in total. The molecule has 2 heterocycles. The fourth-order valence-corrected chi connectivity index (χ4v) is 3.19. The quantitative estimate of drug-likeness (QED) is 0.807. The second-order valence-electron chi connectivity index (χ2n) is 6.08. The molecule has 2 aliphatic rings. The zero-order chi connectivity index (χ0) is 14.7. The van der Waals surface area contributed by atoms with Crippen molar-refractivity contribution in [3.63, 3.8) is 0 Å². The number of hydrogen-bond acceptors (Lipinski definition) is 5. The molecule has 3 rings (SSSR count). The first-order valence-electron chi connectivity index (χ1n) is 7.86. The maximum atomic E-state index is 6.39. The normalized spacial score (nSPS) is 23.7. The second-order valence-corrected chi connectivity index (χ2v) is 6.08. The van der Waals surface area contributed by atoms with E-state index in [0.717, 1.165) is 50.8 Å². The average Bonchev–Trinajstić information content (AvgIpc) is 2.93. The molecule has 1 unspecified atom stereocenters. The van der Waals surface area contributed by atoms with Gasteiger partial charge in [-0.15, -0.1) is 0 Å². The van der Waals surface area contributed by atoms with Crippen molar-refractivity contribution in [3.8, 4) is 0 Å². The molecule has 1 aromatic rings. The van der Waals surface area contributed by atoms with Gasteiger partial charge in [-0.2, -0.15) is 0 Å². The molecular weight excluding hydrogens is 264 g/mol. The molecule has 5 heteroatoms. The zero-order valence-corrected chi connectivity index (χ0v) is 12.8. The fraction of sp³-hybridized carbons (Fsp3) is 0.625. The molecule has 0 amide bonds. The van der Waals surface area contributed by atoms with Crippen molar-refractivity contribution in [2.75, 3.05) is 57.1 Å². The molecule has 0 aliphatic carbocycles. The molecule has 21 heavy (non-hydrogen) atoms. The largest absolute Gasteiger partial charge is 0.397 e. The lowest BCUT2D eigenvalue weighted by Crippen LogP contribution is -2.37. The molecule has 1 atom stereocenters. The van der Waals surface area contributed by atoms with Gasteiger partial charge >= 0.3 is 0 Å². The number of nitrogens with one attached hydrogen (secondary N) is 1. The monoisotopic (exact) mass is 290 g/mol. The van der Waals surface area contributed by atoms with Gasteiger partial charge in [0.15, 0.2) is 0 Å². The number of morpholine rings is 1. The van der Waals surface area contributed by atoms with Gasteiger partial charge in [-0.3, -0.25) is 0 Å². The second kappa shape index (κ2) is 6.64. The van der Waals surface area contributed by atoms with Crippen LogP contribution in [0.2, 0.25) is 0 Å². The molecule has 2 aliphatic heterocycles. The molecule has 0 bridgehead atoms. The summed E-state index contributed by atoms with van der Waals surface area (Å²) in [4.78, 5) is 4.69. The minimum absolute atomic E-state index is 0.585. The first-order chi connectivity index (χ1) is 10.2. The van der Waals surface area contributed by atoms with E-state index in [4.69, 9.17) is 10.5 Å². The number of nitrogens with zero attached hydrogens (tertiary/aromatic N) is 2. The molecule has 0 aromatic heterocycles. The Bertz CT molecular complexity index is 473. The minimum atomic E-state index is 0.585. The molecule has 2 fully saturated rings. The van der Waals surface area contributed by atoms with E-state index in [9.17, 15) is 0 Å². The topological polar surface area (TPSA) is 53.8 Å². The van der Waals surface area contributed by atoms with Gasteiger partial charge in [0.05, 0.1) is 24.6 Å². The van der Waals surface area contributed by atoms with Crippen LogP contribution in [-0.2, 0) is 11.3 Å². The van der Waals surface area contributed by atoms with Crippen molar-refractivity contribution < 1.29 is 4.74 Å². The van der Waals surface area contributed by atoms with Gasteiger partial charge in [-0.1, -0.05) is 12.1 Å². The summed E-state index contributed by atoms with van der Waals surface area (Å²) in [5.41, 5.74) is 9.66. The summed E-state index contributed by atoms with van der Waals surface area (Å²) in [6.07, 6.45) is 1.22. The third-order valence-electron chi connectivity index (χ3n) is 4.50. The molecule has 1 aromatic carbocycles. The number of rotatable bonds is 4. The van der Waals surface area contributed by atoms with Gasteiger partial charge in [-0.05, 0) is 31.6 Å². The highest BCUT2D eigenvalue weighted by Crippen LogP contribution is 2.27. The molecule has 116 valence electrons. The maximum absolute atomic E-state index is 6.39. The van der Waals surface area contributed by atoms with E-state index < -0.39 is 0 Å². The Balaban J connectivity index is 1.65. The Morgan fingerprint density at radius 3 is 2.81 bits per heavy atom. The van der Waals surface area contributed by atoms with E-state index in [2.05, 4.69) is 40.4 Å². The lowest BCUT2D eigenvalue weighted by Gasteiger charge is -2.30. The molecule has 2 saturated heterocycles. The SMILES string of the molecule is CN1CCC(NCc2cccc(N3CCOCC3)c2N)C1. The number of benzene rings is 1. The number of likely N-dealkylation sites (tertiary alicyclic amines) is 1. The molecule has 0 spiro atoms. The van der Waals surface area contributed by atoms with Crippen molar-refractivity contribution in [3.05, 3.63) is 23.8 Å². The summed E-state index contributed by atoms with van der Waals surface area (Å²) >= 11 is 0. The number of nitrogen functional groups attached to an aromatic ring is 1. The third kappa shape index (κ3) is 3.48. The summed E-state index contributed by atoms with van der Waals surface area (Å²) in [5, 5.41) is 3.63. The van der Waals surface area contributed by atoms with Crippen LogP contribution in [0, 0.1) is 0 Å². The van der Waals surface area contributed by atoms with Crippen LogP contribution in [0.1, 0.15) is 12.0 Å². The highest BCUT2D eigenvalue weighted by atomic mass is 16.5. The van der Waals surface area contributed by atoms with Crippen LogP contribution in [-0.4, -0.2) is 57.4 Å². The van der Waals surface area contributed by atoms with Crippen molar-refractivity contribution >= 4 is 11.4 Å². The predicted molar refractivity (Wildman–Crippen MR) is 86.6 cm³/mol. The number of para-hydroxylation sites is 1. The average molecular weight is 290 g/mol. The van der Waals surface area contributed by atoms with Crippen molar-refractivity contribution in [1.82, 2.24) is 10.2 Å². The lowest BCUT2D eigenvalue weighted by atomic mass is 10.1. The number of anilines is 2. The smallest absolute Gasteiger partial charge is 0.0642 e. The van der Waals surface area contributed by atoms with Crippen molar-refractivity contribution in [2.45, 2.75) is 19.0 Å². The van der Waals surface area contributed by atoms with Gasteiger partial charge in [0, 0.05) is 32.2 Å². The number of hydrogen-bond donors (Lipinski definition) is 2. The summed E-state index contributed by atoms with van der Waals surface area (Å²) < 4.78 is 5.42. The molecule has 0 radical (unpaired) electrons. The Labute approximate surface area is 127 Å². The predicted octanol–water partition coefficient (Wildman–Crippen LogP) is 0.899. The van der Waals surface area contributed by atoms with Crippen LogP contribution in [0.25, 0.3) is 0 Å². The third-order valence-corrected chi connectivity index (χ3v) is 4.50. The van der Waals surface area contributed by atoms with E-state index in [1.165, 1.54) is 18.5 Å². The zero-order valence-electron chi connectivity index (χ0n) is 12.8. The summed E-state index contributed by atoms with van der Waals surface area (Å²) in [6.45, 7) is 6.59. The van der Waals surface area contributed by atoms with E-state index in [1.54, 1.807) is 0 Å². The van der Waals surface area contributed by atoms with Crippen LogP contribution >= 0.6 is 0 Å². The Morgan fingerprint density at radius 2 is 2.10 bits per heavy atom. The highest BCUT2D eigenvalue weighted by Gasteiger charge is 2.20. The van der Waals surface area contributed by atoms with Crippen LogP contribution in [0.4, 0.5) is 11.4 Å². The Morgan fingerprint density at radius 1 is 1.29 bits per heavy atom. The Kier molecular flexibility index (Phi) is 4.63. The molecule has 0 saturated carbocycles. The number of likely N-dealkylation sites (N-methyl/N-ethyl adjacent to an activating group) is 1. The van der Waals surface area contributed by atoms with Crippen molar-refractivity contribution in [1.29, 1.82) is 0 Å². The first-order valence-corrected chi connectivity index (χ1v) is 7.86. The van der Waals surface area contributed by atoms with Gasteiger partial charge < -0.3 is 25.6 Å². The molecular formula is C16H26N4O. The van der Waals surface area contributed by atoms with E-state index in [1.807, 2.05) is 0 Å². The van der Waals surface area contributed by atoms with E-state index in [-0.39, 0.29) is 0 Å². The number of ether oxygens (including phenoxy) is 1. The first kappa shape index (κ1) is 14.6.